The van der Waals surface area contributed by atoms with Crippen LogP contribution in [-0.2, 0) is 16.1 Å². The van der Waals surface area contributed by atoms with E-state index in [1.165, 1.54) is 0 Å². The highest BCUT2D eigenvalue weighted by atomic mass is 16.5. The van der Waals surface area contributed by atoms with Gasteiger partial charge in [0.25, 0.3) is 5.91 Å². The lowest BCUT2D eigenvalue weighted by Gasteiger charge is -2.16. The van der Waals surface area contributed by atoms with Gasteiger partial charge in [0.15, 0.2) is 0 Å². The Hall–Kier alpha value is -2.86. The highest BCUT2D eigenvalue weighted by Gasteiger charge is 2.22. The van der Waals surface area contributed by atoms with E-state index in [0.29, 0.717) is 38.3 Å². The molecule has 27 heavy (non-hydrogen) atoms. The second-order valence-electron chi connectivity index (χ2n) is 6.37. The van der Waals surface area contributed by atoms with Crippen LogP contribution in [0, 0.1) is 0 Å². The maximum Gasteiger partial charge on any atom is 0.251 e. The van der Waals surface area contributed by atoms with Crippen molar-refractivity contribution in [2.45, 2.75) is 19.4 Å². The smallest absolute Gasteiger partial charge is 0.251 e. The van der Waals surface area contributed by atoms with Crippen LogP contribution >= 0.6 is 0 Å². The van der Waals surface area contributed by atoms with Gasteiger partial charge in [0.05, 0.1) is 6.61 Å². The molecule has 142 valence electrons. The van der Waals surface area contributed by atoms with E-state index in [4.69, 9.17) is 9.47 Å². The summed E-state index contributed by atoms with van der Waals surface area (Å²) in [6, 6.07) is 14.8. The van der Waals surface area contributed by atoms with Crippen LogP contribution in [0.5, 0.6) is 5.75 Å². The Morgan fingerprint density at radius 3 is 2.78 bits per heavy atom. The average molecular weight is 368 g/mol. The molecular formula is C21H24N2O4. The van der Waals surface area contributed by atoms with Gasteiger partial charge in [0, 0.05) is 37.9 Å². The SMILES string of the molecule is COCCOc1cccc(CNC(=O)c2cccc(N3CCCC3=O)c2)c1. The van der Waals surface area contributed by atoms with Crippen molar-refractivity contribution < 1.29 is 19.1 Å². The van der Waals surface area contributed by atoms with Gasteiger partial charge in [-0.2, -0.15) is 0 Å². The van der Waals surface area contributed by atoms with Gasteiger partial charge >= 0.3 is 0 Å². The molecule has 6 nitrogen and oxygen atoms in total. The number of nitrogens with zero attached hydrogens (tertiary/aromatic N) is 1. The first-order valence-electron chi connectivity index (χ1n) is 9.06. The summed E-state index contributed by atoms with van der Waals surface area (Å²) < 4.78 is 10.6. The molecule has 1 fully saturated rings. The van der Waals surface area contributed by atoms with E-state index in [1.807, 2.05) is 30.3 Å². The molecular weight excluding hydrogens is 344 g/mol. The van der Waals surface area contributed by atoms with Crippen molar-refractivity contribution >= 4 is 17.5 Å². The lowest BCUT2D eigenvalue weighted by Crippen LogP contribution is -2.25. The number of carbonyl (C=O) groups is 2. The van der Waals surface area contributed by atoms with Gasteiger partial charge in [-0.15, -0.1) is 0 Å². The van der Waals surface area contributed by atoms with Crippen molar-refractivity contribution in [3.05, 3.63) is 59.7 Å². The van der Waals surface area contributed by atoms with Crippen molar-refractivity contribution in [1.29, 1.82) is 0 Å². The minimum Gasteiger partial charge on any atom is -0.491 e. The zero-order valence-corrected chi connectivity index (χ0v) is 15.4. The van der Waals surface area contributed by atoms with Crippen molar-refractivity contribution in [3.63, 3.8) is 0 Å². The molecule has 1 aliphatic rings. The fraction of sp³-hybridized carbons (Fsp3) is 0.333. The van der Waals surface area contributed by atoms with E-state index in [0.717, 1.165) is 23.4 Å². The van der Waals surface area contributed by atoms with Gasteiger partial charge in [-0.3, -0.25) is 9.59 Å². The first-order valence-corrected chi connectivity index (χ1v) is 9.06. The summed E-state index contributed by atoms with van der Waals surface area (Å²) in [6.45, 7) is 2.11. The normalized spacial score (nSPS) is 13.7. The number of methoxy groups -OCH3 is 1. The zero-order valence-electron chi connectivity index (χ0n) is 15.4. The molecule has 0 aromatic heterocycles. The van der Waals surface area contributed by atoms with Crippen LogP contribution < -0.4 is 15.0 Å². The van der Waals surface area contributed by atoms with Crippen LogP contribution in [0.1, 0.15) is 28.8 Å². The third kappa shape index (κ3) is 5.08. The predicted molar refractivity (Wildman–Crippen MR) is 103 cm³/mol. The lowest BCUT2D eigenvalue weighted by atomic mass is 10.1. The summed E-state index contributed by atoms with van der Waals surface area (Å²) in [5, 5.41) is 2.92. The largest absolute Gasteiger partial charge is 0.491 e. The van der Waals surface area contributed by atoms with Crippen molar-refractivity contribution in [2.24, 2.45) is 0 Å². The zero-order chi connectivity index (χ0) is 19.1. The Bertz CT molecular complexity index is 806. The number of ether oxygens (including phenoxy) is 2. The standard InChI is InChI=1S/C21H24N2O4/c1-26-11-12-27-19-8-2-5-16(13-19)15-22-21(25)17-6-3-7-18(14-17)23-10-4-9-20(23)24/h2-3,5-8,13-14H,4,9-12,15H2,1H3,(H,22,25). The minimum atomic E-state index is -0.172. The number of hydrogen-bond acceptors (Lipinski definition) is 4. The van der Waals surface area contributed by atoms with Crippen molar-refractivity contribution in [2.75, 3.05) is 31.8 Å². The number of benzene rings is 2. The second-order valence-corrected chi connectivity index (χ2v) is 6.37. The van der Waals surface area contributed by atoms with Gasteiger partial charge in [0.1, 0.15) is 12.4 Å². The molecule has 2 amide bonds. The number of carbonyl (C=O) groups excluding carboxylic acids is 2. The summed E-state index contributed by atoms with van der Waals surface area (Å²) >= 11 is 0. The van der Waals surface area contributed by atoms with Crippen molar-refractivity contribution in [1.82, 2.24) is 5.32 Å². The molecule has 1 heterocycles. The lowest BCUT2D eigenvalue weighted by molar-refractivity contribution is -0.117. The molecule has 3 rings (SSSR count). The molecule has 0 bridgehead atoms. The molecule has 0 unspecified atom stereocenters. The molecule has 2 aromatic carbocycles. The molecule has 6 heteroatoms. The first kappa shape index (κ1) is 18.9. The molecule has 1 aliphatic heterocycles. The fourth-order valence-corrected chi connectivity index (χ4v) is 3.01. The Morgan fingerprint density at radius 2 is 2.00 bits per heavy atom. The first-order chi connectivity index (χ1) is 13.2. The average Bonchev–Trinajstić information content (AvgIpc) is 3.13. The number of amides is 2. The van der Waals surface area contributed by atoms with E-state index in [1.54, 1.807) is 30.2 Å². The van der Waals surface area contributed by atoms with Crippen molar-refractivity contribution in [3.8, 4) is 5.75 Å². The van der Waals surface area contributed by atoms with E-state index in [9.17, 15) is 9.59 Å². The minimum absolute atomic E-state index is 0.109. The van der Waals surface area contributed by atoms with E-state index in [-0.39, 0.29) is 11.8 Å². The molecule has 1 saturated heterocycles. The van der Waals surface area contributed by atoms with Gasteiger partial charge in [-0.05, 0) is 42.3 Å². The van der Waals surface area contributed by atoms with Gasteiger partial charge in [0.2, 0.25) is 5.91 Å². The van der Waals surface area contributed by atoms with Crippen LogP contribution in [0.25, 0.3) is 0 Å². The maximum absolute atomic E-state index is 12.5. The molecule has 0 radical (unpaired) electrons. The number of nitrogens with one attached hydrogen (secondary N) is 1. The molecule has 1 N–H and O–H groups in total. The molecule has 0 aliphatic carbocycles. The molecule has 0 atom stereocenters. The topological polar surface area (TPSA) is 67.9 Å². The molecule has 0 saturated carbocycles. The molecule has 2 aromatic rings. The predicted octanol–water partition coefficient (Wildman–Crippen LogP) is 2.77. The summed E-state index contributed by atoms with van der Waals surface area (Å²) in [5.74, 6) is 0.681. The Morgan fingerprint density at radius 1 is 1.15 bits per heavy atom. The summed E-state index contributed by atoms with van der Waals surface area (Å²) in [7, 11) is 1.63. The summed E-state index contributed by atoms with van der Waals surface area (Å²) in [5.41, 5.74) is 2.27. The highest BCUT2D eigenvalue weighted by Crippen LogP contribution is 2.22. The third-order valence-electron chi connectivity index (χ3n) is 4.40. The van der Waals surface area contributed by atoms with Gasteiger partial charge in [-0.25, -0.2) is 0 Å². The third-order valence-corrected chi connectivity index (χ3v) is 4.40. The maximum atomic E-state index is 12.5. The summed E-state index contributed by atoms with van der Waals surface area (Å²) in [6.07, 6.45) is 1.43. The Kier molecular flexibility index (Phi) is 6.44. The number of anilines is 1. The van der Waals surface area contributed by atoms with E-state index >= 15 is 0 Å². The van der Waals surface area contributed by atoms with Gasteiger partial charge < -0.3 is 19.7 Å². The highest BCUT2D eigenvalue weighted by molar-refractivity contribution is 5.99. The Labute approximate surface area is 159 Å². The monoisotopic (exact) mass is 368 g/mol. The summed E-state index contributed by atoms with van der Waals surface area (Å²) in [4.78, 5) is 26.1. The van der Waals surface area contributed by atoms with Gasteiger partial charge in [-0.1, -0.05) is 18.2 Å². The van der Waals surface area contributed by atoms with E-state index < -0.39 is 0 Å². The Balaban J connectivity index is 1.59. The van der Waals surface area contributed by atoms with Crippen LogP contribution in [-0.4, -0.2) is 38.7 Å². The molecule has 0 spiro atoms. The second kappa shape index (κ2) is 9.19. The van der Waals surface area contributed by atoms with Crippen LogP contribution in [0.15, 0.2) is 48.5 Å². The van der Waals surface area contributed by atoms with E-state index in [2.05, 4.69) is 5.32 Å². The van der Waals surface area contributed by atoms with Crippen LogP contribution in [0.3, 0.4) is 0 Å². The van der Waals surface area contributed by atoms with Crippen LogP contribution in [0.4, 0.5) is 5.69 Å². The quantitative estimate of drug-likeness (QED) is 0.728. The van der Waals surface area contributed by atoms with Crippen LogP contribution in [0.2, 0.25) is 0 Å². The number of rotatable bonds is 8. The fourth-order valence-electron chi connectivity index (χ4n) is 3.01. The number of hydrogen-bond donors (Lipinski definition) is 1.